The summed E-state index contributed by atoms with van der Waals surface area (Å²) in [4.78, 5) is 23.9. The minimum Gasteiger partial charge on any atom is -0.493 e. The van der Waals surface area contributed by atoms with Crippen molar-refractivity contribution in [1.29, 1.82) is 0 Å². The zero-order valence-electron chi connectivity index (χ0n) is 15.8. The summed E-state index contributed by atoms with van der Waals surface area (Å²) in [5.41, 5.74) is 2.37. The van der Waals surface area contributed by atoms with E-state index in [-0.39, 0.29) is 13.0 Å². The molecule has 0 fully saturated rings. The molecule has 2 aromatic carbocycles. The Labute approximate surface area is 158 Å². The maximum absolute atomic E-state index is 12.1. The molecule has 0 bridgehead atoms. The summed E-state index contributed by atoms with van der Waals surface area (Å²) in [6.07, 6.45) is 0.109. The number of rotatable bonds is 8. The molecule has 7 heteroatoms. The lowest BCUT2D eigenvalue weighted by Gasteiger charge is -2.14. The number of hydrogen-bond donors (Lipinski definition) is 1. The summed E-state index contributed by atoms with van der Waals surface area (Å²) in [5.74, 6) is 0.287. The molecule has 0 aliphatic rings. The molecular weight excluding hydrogens is 350 g/mol. The van der Waals surface area contributed by atoms with Gasteiger partial charge in [-0.05, 0) is 12.5 Å². The highest BCUT2D eigenvalue weighted by Gasteiger charge is 2.15. The Morgan fingerprint density at radius 3 is 2.04 bits per heavy atom. The van der Waals surface area contributed by atoms with Crippen molar-refractivity contribution in [3.63, 3.8) is 0 Å². The molecular formula is C20H23NO6. The molecule has 0 radical (unpaired) electrons. The van der Waals surface area contributed by atoms with Crippen LogP contribution < -0.4 is 19.5 Å². The predicted molar refractivity (Wildman–Crippen MR) is 101 cm³/mol. The van der Waals surface area contributed by atoms with E-state index in [1.165, 1.54) is 21.3 Å². The van der Waals surface area contributed by atoms with E-state index in [9.17, 15) is 9.59 Å². The Morgan fingerprint density at radius 2 is 1.52 bits per heavy atom. The standard InChI is InChI=1S/C20H23NO6/c1-13-5-7-14(8-6-13)9-19(23)27-12-18(22)21-15-10-16(24-2)20(26-4)17(11-15)25-3/h5-8,10-11H,9,12H2,1-4H3,(H,21,22). The second-order valence-electron chi connectivity index (χ2n) is 5.79. The van der Waals surface area contributed by atoms with E-state index < -0.39 is 11.9 Å². The Bertz CT molecular complexity index is 776. The van der Waals surface area contributed by atoms with E-state index in [0.717, 1.165) is 11.1 Å². The largest absolute Gasteiger partial charge is 0.493 e. The molecule has 0 heterocycles. The molecule has 0 atom stereocenters. The number of esters is 1. The van der Waals surface area contributed by atoms with Crippen LogP contribution in [-0.2, 0) is 20.7 Å². The number of hydrogen-bond acceptors (Lipinski definition) is 6. The summed E-state index contributed by atoms with van der Waals surface area (Å²) in [6.45, 7) is 1.58. The second-order valence-corrected chi connectivity index (χ2v) is 5.79. The molecule has 0 aromatic heterocycles. The number of carbonyl (C=O) groups is 2. The smallest absolute Gasteiger partial charge is 0.310 e. The van der Waals surface area contributed by atoms with Crippen molar-refractivity contribution in [3.8, 4) is 17.2 Å². The molecule has 0 saturated carbocycles. The van der Waals surface area contributed by atoms with Crippen molar-refractivity contribution >= 4 is 17.6 Å². The molecule has 0 unspecified atom stereocenters. The van der Waals surface area contributed by atoms with Crippen molar-refractivity contribution in [2.45, 2.75) is 13.3 Å². The Hall–Kier alpha value is -3.22. The number of aryl methyl sites for hydroxylation is 1. The Balaban J connectivity index is 1.93. The molecule has 0 spiro atoms. The van der Waals surface area contributed by atoms with Crippen LogP contribution in [0.15, 0.2) is 36.4 Å². The third-order valence-corrected chi connectivity index (χ3v) is 3.78. The number of benzene rings is 2. The first-order chi connectivity index (χ1) is 13.0. The van der Waals surface area contributed by atoms with Gasteiger partial charge < -0.3 is 24.3 Å². The monoisotopic (exact) mass is 373 g/mol. The van der Waals surface area contributed by atoms with Crippen LogP contribution >= 0.6 is 0 Å². The third kappa shape index (κ3) is 5.64. The van der Waals surface area contributed by atoms with Gasteiger partial charge >= 0.3 is 5.97 Å². The maximum atomic E-state index is 12.1. The van der Waals surface area contributed by atoms with Gasteiger partial charge in [-0.1, -0.05) is 29.8 Å². The second kappa shape index (κ2) is 9.47. The van der Waals surface area contributed by atoms with Crippen molar-refractivity contribution in [2.24, 2.45) is 0 Å². The molecule has 144 valence electrons. The van der Waals surface area contributed by atoms with Gasteiger partial charge in [0.1, 0.15) is 0 Å². The molecule has 2 aromatic rings. The van der Waals surface area contributed by atoms with Crippen molar-refractivity contribution in [3.05, 3.63) is 47.5 Å². The average molecular weight is 373 g/mol. The van der Waals surface area contributed by atoms with E-state index in [1.54, 1.807) is 12.1 Å². The van der Waals surface area contributed by atoms with E-state index in [4.69, 9.17) is 18.9 Å². The summed E-state index contributed by atoms with van der Waals surface area (Å²) in [5, 5.41) is 2.64. The SMILES string of the molecule is COc1cc(NC(=O)COC(=O)Cc2ccc(C)cc2)cc(OC)c1OC. The van der Waals surface area contributed by atoms with Gasteiger partial charge in [0.25, 0.3) is 5.91 Å². The van der Waals surface area contributed by atoms with Gasteiger partial charge in [0.2, 0.25) is 5.75 Å². The lowest BCUT2D eigenvalue weighted by Crippen LogP contribution is -2.21. The summed E-state index contributed by atoms with van der Waals surface area (Å²) < 4.78 is 20.7. The fraction of sp³-hybridized carbons (Fsp3) is 0.300. The van der Waals surface area contributed by atoms with Crippen LogP contribution in [0.2, 0.25) is 0 Å². The van der Waals surface area contributed by atoms with E-state index in [0.29, 0.717) is 22.9 Å². The van der Waals surface area contributed by atoms with Gasteiger partial charge in [-0.25, -0.2) is 0 Å². The lowest BCUT2D eigenvalue weighted by atomic mass is 10.1. The lowest BCUT2D eigenvalue weighted by molar-refractivity contribution is -0.146. The Kier molecular flexibility index (Phi) is 7.05. The van der Waals surface area contributed by atoms with Crippen molar-refractivity contribution < 1.29 is 28.5 Å². The minimum atomic E-state index is -0.473. The highest BCUT2D eigenvalue weighted by molar-refractivity contribution is 5.93. The number of methoxy groups -OCH3 is 3. The summed E-state index contributed by atoms with van der Waals surface area (Å²) in [6, 6.07) is 10.7. The first kappa shape index (κ1) is 20.1. The molecule has 0 saturated heterocycles. The van der Waals surface area contributed by atoms with Gasteiger partial charge in [-0.3, -0.25) is 9.59 Å². The number of anilines is 1. The van der Waals surface area contributed by atoms with Crippen LogP contribution in [-0.4, -0.2) is 39.8 Å². The quantitative estimate of drug-likeness (QED) is 0.717. The van der Waals surface area contributed by atoms with Gasteiger partial charge in [0.15, 0.2) is 18.1 Å². The topological polar surface area (TPSA) is 83.1 Å². The molecule has 1 amide bonds. The highest BCUT2D eigenvalue weighted by atomic mass is 16.5. The van der Waals surface area contributed by atoms with Crippen LogP contribution in [0.25, 0.3) is 0 Å². The fourth-order valence-corrected chi connectivity index (χ4v) is 2.42. The fourth-order valence-electron chi connectivity index (χ4n) is 2.42. The van der Waals surface area contributed by atoms with Crippen LogP contribution in [0.1, 0.15) is 11.1 Å². The number of carbonyl (C=O) groups excluding carboxylic acids is 2. The molecule has 0 aliphatic carbocycles. The molecule has 0 aliphatic heterocycles. The first-order valence-electron chi connectivity index (χ1n) is 8.27. The van der Waals surface area contributed by atoms with Crippen molar-refractivity contribution in [2.75, 3.05) is 33.3 Å². The number of ether oxygens (including phenoxy) is 4. The average Bonchev–Trinajstić information content (AvgIpc) is 2.67. The normalized spacial score (nSPS) is 10.1. The van der Waals surface area contributed by atoms with E-state index in [2.05, 4.69) is 5.32 Å². The Morgan fingerprint density at radius 1 is 0.926 bits per heavy atom. The maximum Gasteiger partial charge on any atom is 0.310 e. The molecule has 27 heavy (non-hydrogen) atoms. The molecule has 1 N–H and O–H groups in total. The van der Waals surface area contributed by atoms with E-state index in [1.807, 2.05) is 31.2 Å². The van der Waals surface area contributed by atoms with Gasteiger partial charge in [-0.15, -0.1) is 0 Å². The molecule has 2 rings (SSSR count). The van der Waals surface area contributed by atoms with Crippen LogP contribution in [0.5, 0.6) is 17.2 Å². The van der Waals surface area contributed by atoms with Gasteiger partial charge in [0.05, 0.1) is 27.8 Å². The molecule has 7 nitrogen and oxygen atoms in total. The summed E-state index contributed by atoms with van der Waals surface area (Å²) >= 11 is 0. The van der Waals surface area contributed by atoms with Gasteiger partial charge in [0, 0.05) is 17.8 Å². The third-order valence-electron chi connectivity index (χ3n) is 3.78. The zero-order chi connectivity index (χ0) is 19.8. The van der Waals surface area contributed by atoms with Crippen LogP contribution in [0, 0.1) is 6.92 Å². The van der Waals surface area contributed by atoms with Crippen LogP contribution in [0.3, 0.4) is 0 Å². The number of nitrogens with one attached hydrogen (secondary N) is 1. The van der Waals surface area contributed by atoms with Crippen molar-refractivity contribution in [1.82, 2.24) is 0 Å². The summed E-state index contributed by atoms with van der Waals surface area (Å²) in [7, 11) is 4.46. The zero-order valence-corrected chi connectivity index (χ0v) is 15.8. The predicted octanol–water partition coefficient (Wildman–Crippen LogP) is 2.75. The van der Waals surface area contributed by atoms with Gasteiger partial charge in [-0.2, -0.15) is 0 Å². The minimum absolute atomic E-state index is 0.109. The first-order valence-corrected chi connectivity index (χ1v) is 8.27. The highest BCUT2D eigenvalue weighted by Crippen LogP contribution is 2.39. The number of amides is 1. The van der Waals surface area contributed by atoms with E-state index >= 15 is 0 Å². The van der Waals surface area contributed by atoms with Crippen LogP contribution in [0.4, 0.5) is 5.69 Å².